The highest BCUT2D eigenvalue weighted by atomic mass is 32.1. The zero-order chi connectivity index (χ0) is 13.1. The molecule has 1 unspecified atom stereocenters. The quantitative estimate of drug-likeness (QED) is 0.717. The summed E-state index contributed by atoms with van der Waals surface area (Å²) in [7, 11) is 1.56. The minimum atomic E-state index is -0.553. The number of nitrogen functional groups attached to an aromatic ring is 1. The van der Waals surface area contributed by atoms with E-state index >= 15 is 0 Å². The molecule has 0 radical (unpaired) electrons. The molecule has 2 aromatic rings. The van der Waals surface area contributed by atoms with E-state index in [0.29, 0.717) is 18.8 Å². The molecule has 18 heavy (non-hydrogen) atoms. The van der Waals surface area contributed by atoms with E-state index in [1.165, 1.54) is 0 Å². The monoisotopic (exact) mass is 267 g/mol. The second kappa shape index (κ2) is 5.51. The molecular formula is C12H17N3O2S. The number of aryl methyl sites for hydroxylation is 1. The van der Waals surface area contributed by atoms with Gasteiger partial charge in [0.2, 0.25) is 0 Å². The van der Waals surface area contributed by atoms with Gasteiger partial charge in [-0.05, 0) is 19.1 Å². The third-order valence-electron chi connectivity index (χ3n) is 2.55. The Balaban J connectivity index is 2.14. The van der Waals surface area contributed by atoms with Gasteiger partial charge in [0.15, 0.2) is 0 Å². The number of nitrogens with zero attached hydrogens (tertiary/aromatic N) is 1. The first-order chi connectivity index (χ1) is 8.60. The molecule has 0 saturated carbocycles. The molecule has 0 aliphatic rings. The van der Waals surface area contributed by atoms with Gasteiger partial charge in [0.05, 0.1) is 39.3 Å². The van der Waals surface area contributed by atoms with Crippen molar-refractivity contribution in [3.8, 4) is 0 Å². The number of nitrogens with one attached hydrogen (secondary N) is 1. The van der Waals surface area contributed by atoms with Crippen molar-refractivity contribution in [3.05, 3.63) is 17.1 Å². The summed E-state index contributed by atoms with van der Waals surface area (Å²) >= 11 is 1.62. The van der Waals surface area contributed by atoms with Crippen molar-refractivity contribution in [2.45, 2.75) is 13.0 Å². The Kier molecular flexibility index (Phi) is 4.00. The van der Waals surface area contributed by atoms with Crippen LogP contribution in [0.3, 0.4) is 0 Å². The summed E-state index contributed by atoms with van der Waals surface area (Å²) in [6.45, 7) is 2.66. The number of aromatic nitrogens is 1. The summed E-state index contributed by atoms with van der Waals surface area (Å²) in [5.74, 6) is 0. The van der Waals surface area contributed by atoms with Gasteiger partial charge in [-0.25, -0.2) is 4.98 Å². The highest BCUT2D eigenvalue weighted by Gasteiger charge is 2.08. The zero-order valence-corrected chi connectivity index (χ0v) is 11.3. The molecule has 0 aliphatic carbocycles. The zero-order valence-electron chi connectivity index (χ0n) is 10.4. The highest BCUT2D eigenvalue weighted by molar-refractivity contribution is 7.18. The van der Waals surface area contributed by atoms with Crippen molar-refractivity contribution >= 4 is 32.9 Å². The predicted molar refractivity (Wildman–Crippen MR) is 75.1 cm³/mol. The lowest BCUT2D eigenvalue weighted by Gasteiger charge is -2.13. The lowest BCUT2D eigenvalue weighted by Crippen LogP contribution is -2.24. The summed E-state index contributed by atoms with van der Waals surface area (Å²) < 4.78 is 5.94. The topological polar surface area (TPSA) is 80.4 Å². The van der Waals surface area contributed by atoms with Crippen LogP contribution in [0.4, 0.5) is 11.4 Å². The van der Waals surface area contributed by atoms with Crippen LogP contribution in [0, 0.1) is 6.92 Å². The summed E-state index contributed by atoms with van der Waals surface area (Å²) in [6, 6.07) is 3.82. The Morgan fingerprint density at radius 3 is 3.06 bits per heavy atom. The molecule has 0 bridgehead atoms. The molecule has 2 rings (SSSR count). The summed E-state index contributed by atoms with van der Waals surface area (Å²) in [4.78, 5) is 4.41. The van der Waals surface area contributed by atoms with E-state index < -0.39 is 6.10 Å². The van der Waals surface area contributed by atoms with Crippen LogP contribution >= 0.6 is 11.3 Å². The number of anilines is 2. The normalized spacial score (nSPS) is 12.8. The van der Waals surface area contributed by atoms with E-state index in [4.69, 9.17) is 10.5 Å². The maximum atomic E-state index is 9.58. The largest absolute Gasteiger partial charge is 0.397 e. The van der Waals surface area contributed by atoms with Gasteiger partial charge in [0.25, 0.3) is 0 Å². The molecule has 1 aromatic carbocycles. The van der Waals surface area contributed by atoms with Gasteiger partial charge in [0.1, 0.15) is 0 Å². The number of fused-ring (bicyclic) bond motifs is 1. The molecule has 1 atom stereocenters. The average molecular weight is 267 g/mol. The highest BCUT2D eigenvalue weighted by Crippen LogP contribution is 2.29. The van der Waals surface area contributed by atoms with Gasteiger partial charge >= 0.3 is 0 Å². The van der Waals surface area contributed by atoms with Gasteiger partial charge in [-0.1, -0.05) is 0 Å². The first-order valence-electron chi connectivity index (χ1n) is 5.67. The van der Waals surface area contributed by atoms with E-state index in [9.17, 15) is 5.11 Å². The van der Waals surface area contributed by atoms with Gasteiger partial charge in [-0.3, -0.25) is 0 Å². The lowest BCUT2D eigenvalue weighted by molar-refractivity contribution is 0.0728. The number of hydrogen-bond acceptors (Lipinski definition) is 6. The van der Waals surface area contributed by atoms with Crippen molar-refractivity contribution in [2.75, 3.05) is 31.3 Å². The molecule has 1 aromatic heterocycles. The van der Waals surface area contributed by atoms with Crippen molar-refractivity contribution in [3.63, 3.8) is 0 Å². The van der Waals surface area contributed by atoms with Crippen molar-refractivity contribution in [1.29, 1.82) is 0 Å². The van der Waals surface area contributed by atoms with E-state index in [2.05, 4.69) is 10.3 Å². The Morgan fingerprint density at radius 2 is 2.33 bits per heavy atom. The number of benzene rings is 1. The molecule has 5 nitrogen and oxygen atoms in total. The lowest BCUT2D eigenvalue weighted by atomic mass is 10.2. The molecular weight excluding hydrogens is 250 g/mol. The number of nitrogens with two attached hydrogens (primary N) is 1. The molecule has 0 amide bonds. The molecule has 0 saturated heterocycles. The Labute approximate surface area is 110 Å². The number of methoxy groups -OCH3 is 1. The number of rotatable bonds is 5. The second-order valence-electron chi connectivity index (χ2n) is 4.13. The standard InChI is InChI=1S/C12H17N3O2S/c1-7-15-11-4-10(9(13)3-12(11)18-7)14-5-8(16)6-17-2/h3-4,8,14,16H,5-6,13H2,1-2H3. The van der Waals surface area contributed by atoms with E-state index in [0.717, 1.165) is 20.9 Å². The van der Waals surface area contributed by atoms with Crippen LogP contribution in [0.15, 0.2) is 12.1 Å². The molecule has 0 spiro atoms. The maximum absolute atomic E-state index is 9.58. The number of thiazole rings is 1. The van der Waals surface area contributed by atoms with Crippen molar-refractivity contribution < 1.29 is 9.84 Å². The summed E-state index contributed by atoms with van der Waals surface area (Å²) in [6.07, 6.45) is -0.553. The third kappa shape index (κ3) is 2.90. The van der Waals surface area contributed by atoms with Crippen LogP contribution in [-0.4, -0.2) is 36.5 Å². The fraction of sp³-hybridized carbons (Fsp3) is 0.417. The van der Waals surface area contributed by atoms with Crippen LogP contribution in [0.5, 0.6) is 0 Å². The minimum Gasteiger partial charge on any atom is -0.397 e. The van der Waals surface area contributed by atoms with Crippen molar-refractivity contribution in [1.82, 2.24) is 4.98 Å². The molecule has 6 heteroatoms. The van der Waals surface area contributed by atoms with Gasteiger partial charge in [0, 0.05) is 13.7 Å². The van der Waals surface area contributed by atoms with Crippen LogP contribution in [-0.2, 0) is 4.74 Å². The Hall–Kier alpha value is -1.37. The molecule has 1 heterocycles. The Bertz CT molecular complexity index is 541. The van der Waals surface area contributed by atoms with Gasteiger partial charge in [-0.15, -0.1) is 11.3 Å². The maximum Gasteiger partial charge on any atom is 0.0945 e. The van der Waals surface area contributed by atoms with Gasteiger partial charge < -0.3 is 20.9 Å². The van der Waals surface area contributed by atoms with E-state index in [-0.39, 0.29) is 0 Å². The number of aliphatic hydroxyl groups excluding tert-OH is 1. The molecule has 4 N–H and O–H groups in total. The van der Waals surface area contributed by atoms with Gasteiger partial charge in [-0.2, -0.15) is 0 Å². The molecule has 0 fully saturated rings. The minimum absolute atomic E-state index is 0.297. The first-order valence-corrected chi connectivity index (χ1v) is 6.49. The third-order valence-corrected chi connectivity index (χ3v) is 3.49. The number of hydrogen-bond donors (Lipinski definition) is 3. The summed E-state index contributed by atoms with van der Waals surface area (Å²) in [5, 5.41) is 13.7. The van der Waals surface area contributed by atoms with E-state index in [1.54, 1.807) is 18.4 Å². The predicted octanol–water partition coefficient (Wildman–Crippen LogP) is 1.61. The van der Waals surface area contributed by atoms with Crippen LogP contribution < -0.4 is 11.1 Å². The number of aliphatic hydroxyl groups is 1. The van der Waals surface area contributed by atoms with Crippen LogP contribution in [0.1, 0.15) is 5.01 Å². The second-order valence-corrected chi connectivity index (χ2v) is 5.36. The summed E-state index contributed by atoms with van der Waals surface area (Å²) in [5.41, 5.74) is 8.34. The Morgan fingerprint density at radius 1 is 1.56 bits per heavy atom. The molecule has 98 valence electrons. The smallest absolute Gasteiger partial charge is 0.0945 e. The van der Waals surface area contributed by atoms with Crippen LogP contribution in [0.2, 0.25) is 0 Å². The average Bonchev–Trinajstić information content (AvgIpc) is 2.65. The number of ether oxygens (including phenoxy) is 1. The van der Waals surface area contributed by atoms with E-state index in [1.807, 2.05) is 19.1 Å². The fourth-order valence-corrected chi connectivity index (χ4v) is 2.59. The molecule has 0 aliphatic heterocycles. The SMILES string of the molecule is COCC(O)CNc1cc2nc(C)sc2cc1N. The van der Waals surface area contributed by atoms with Crippen LogP contribution in [0.25, 0.3) is 10.2 Å². The fourth-order valence-electron chi connectivity index (χ4n) is 1.74. The van der Waals surface area contributed by atoms with Crippen molar-refractivity contribution in [2.24, 2.45) is 0 Å². The first kappa shape index (κ1) is 13.1.